The molecule has 3 rings (SSSR count). The zero-order valence-corrected chi connectivity index (χ0v) is 17.3. The van der Waals surface area contributed by atoms with E-state index in [0.717, 1.165) is 16.3 Å². The molecule has 3 aromatic rings. The molecule has 0 aliphatic rings. The van der Waals surface area contributed by atoms with Crippen LogP contribution in [0, 0.1) is 20.8 Å². The first kappa shape index (κ1) is 19.9. The van der Waals surface area contributed by atoms with Crippen LogP contribution >= 0.6 is 11.3 Å². The van der Waals surface area contributed by atoms with Crippen LogP contribution in [0.25, 0.3) is 5.82 Å². The Bertz CT molecular complexity index is 972. The second-order valence-corrected chi connectivity index (χ2v) is 7.62. The first-order chi connectivity index (χ1) is 13.4. The van der Waals surface area contributed by atoms with Gasteiger partial charge in [0.1, 0.15) is 5.76 Å². The summed E-state index contributed by atoms with van der Waals surface area (Å²) >= 11 is 1.59. The number of nitrogens with one attached hydrogen (secondary N) is 1. The second-order valence-electron chi connectivity index (χ2n) is 6.59. The Morgan fingerprint density at radius 3 is 2.68 bits per heavy atom. The minimum absolute atomic E-state index is 0.0213. The lowest BCUT2D eigenvalue weighted by atomic mass is 10.2. The molecule has 0 aliphatic heterocycles. The highest BCUT2D eigenvalue weighted by molar-refractivity contribution is 7.09. The van der Waals surface area contributed by atoms with Crippen LogP contribution in [0.3, 0.4) is 0 Å². The number of amides is 2. The van der Waals surface area contributed by atoms with Crippen LogP contribution in [0.2, 0.25) is 0 Å². The van der Waals surface area contributed by atoms with E-state index >= 15 is 0 Å². The Labute approximate surface area is 167 Å². The molecular weight excluding hydrogens is 376 g/mol. The van der Waals surface area contributed by atoms with Gasteiger partial charge in [0.05, 0.1) is 18.7 Å². The third kappa shape index (κ3) is 4.17. The molecule has 0 radical (unpaired) electrons. The molecule has 0 spiro atoms. The minimum atomic E-state index is -0.176. The molecule has 0 atom stereocenters. The Morgan fingerprint density at radius 2 is 2.07 bits per heavy atom. The Hall–Kier alpha value is -2.87. The summed E-state index contributed by atoms with van der Waals surface area (Å²) in [5.41, 5.74) is 2.21. The van der Waals surface area contributed by atoms with Gasteiger partial charge < -0.3 is 14.7 Å². The third-order valence-corrected chi connectivity index (χ3v) is 5.43. The molecular formula is C20H24N4O3S. The maximum Gasteiger partial charge on any atom is 0.256 e. The molecule has 8 heteroatoms. The molecule has 0 fully saturated rings. The van der Waals surface area contributed by atoms with Gasteiger partial charge in [0, 0.05) is 28.9 Å². The standard InChI is InChI=1S/C20H24N4O3S/c1-5-23(12-19(25)21-11-16-7-6-8-28-16)20(26)17-9-13(2)24(15(17)4)18-10-14(3)27-22-18/h6-10H,5,11-12H2,1-4H3,(H,21,25). The highest BCUT2D eigenvalue weighted by Gasteiger charge is 2.23. The lowest BCUT2D eigenvalue weighted by Crippen LogP contribution is -2.40. The molecule has 148 valence electrons. The number of likely N-dealkylation sites (N-methyl/N-ethyl adjacent to an activating group) is 1. The van der Waals surface area contributed by atoms with Crippen LogP contribution in [0.1, 0.15) is 39.3 Å². The first-order valence-electron chi connectivity index (χ1n) is 9.11. The fourth-order valence-corrected chi connectivity index (χ4v) is 3.76. The molecule has 28 heavy (non-hydrogen) atoms. The van der Waals surface area contributed by atoms with Gasteiger partial charge in [-0.15, -0.1) is 11.3 Å². The van der Waals surface area contributed by atoms with E-state index in [1.165, 1.54) is 0 Å². The van der Waals surface area contributed by atoms with Gasteiger partial charge in [-0.25, -0.2) is 0 Å². The predicted molar refractivity (Wildman–Crippen MR) is 108 cm³/mol. The normalized spacial score (nSPS) is 10.9. The van der Waals surface area contributed by atoms with Crippen molar-refractivity contribution >= 4 is 23.2 Å². The molecule has 3 heterocycles. The topological polar surface area (TPSA) is 80.4 Å². The molecule has 7 nitrogen and oxygen atoms in total. The number of rotatable bonds is 7. The van der Waals surface area contributed by atoms with E-state index in [1.807, 2.05) is 61.9 Å². The highest BCUT2D eigenvalue weighted by Crippen LogP contribution is 2.22. The molecule has 0 aliphatic carbocycles. The molecule has 0 saturated carbocycles. The Kier molecular flexibility index (Phi) is 5.99. The summed E-state index contributed by atoms with van der Waals surface area (Å²) in [5, 5.41) is 8.88. The smallest absolute Gasteiger partial charge is 0.256 e. The number of aryl methyl sites for hydroxylation is 2. The van der Waals surface area contributed by atoms with Crippen LogP contribution in [0.5, 0.6) is 0 Å². The van der Waals surface area contributed by atoms with Crippen molar-refractivity contribution in [2.45, 2.75) is 34.2 Å². The van der Waals surface area contributed by atoms with Gasteiger partial charge in [0.2, 0.25) is 5.91 Å². The van der Waals surface area contributed by atoms with E-state index < -0.39 is 0 Å². The third-order valence-electron chi connectivity index (χ3n) is 4.55. The van der Waals surface area contributed by atoms with Gasteiger partial charge in [0.15, 0.2) is 5.82 Å². The van der Waals surface area contributed by atoms with Gasteiger partial charge in [-0.05, 0) is 45.2 Å². The summed E-state index contributed by atoms with van der Waals surface area (Å²) in [4.78, 5) is 28.0. The average Bonchev–Trinajstić information content (AvgIpc) is 3.39. The van der Waals surface area contributed by atoms with E-state index in [2.05, 4.69) is 10.5 Å². The van der Waals surface area contributed by atoms with Gasteiger partial charge in [-0.2, -0.15) is 0 Å². The van der Waals surface area contributed by atoms with E-state index in [4.69, 9.17) is 4.52 Å². The lowest BCUT2D eigenvalue weighted by Gasteiger charge is -2.20. The Morgan fingerprint density at radius 1 is 1.29 bits per heavy atom. The van der Waals surface area contributed by atoms with Crippen molar-refractivity contribution in [1.82, 2.24) is 19.9 Å². The zero-order chi connectivity index (χ0) is 20.3. The summed E-state index contributed by atoms with van der Waals surface area (Å²) in [7, 11) is 0. The molecule has 0 saturated heterocycles. The van der Waals surface area contributed by atoms with Crippen molar-refractivity contribution in [1.29, 1.82) is 0 Å². The second kappa shape index (κ2) is 8.43. The number of carbonyl (C=O) groups excluding carboxylic acids is 2. The predicted octanol–water partition coefficient (Wildman–Crippen LogP) is 3.23. The number of hydrogen-bond donors (Lipinski definition) is 1. The van der Waals surface area contributed by atoms with Crippen LogP contribution in [0.15, 0.2) is 34.2 Å². The summed E-state index contributed by atoms with van der Waals surface area (Å²) in [5.74, 6) is 0.995. The summed E-state index contributed by atoms with van der Waals surface area (Å²) in [6.07, 6.45) is 0. The molecule has 1 N–H and O–H groups in total. The van der Waals surface area contributed by atoms with Gasteiger partial charge >= 0.3 is 0 Å². The number of carbonyl (C=O) groups is 2. The van der Waals surface area contributed by atoms with Gasteiger partial charge in [-0.3, -0.25) is 14.2 Å². The number of aromatic nitrogens is 2. The van der Waals surface area contributed by atoms with E-state index in [0.29, 0.717) is 30.2 Å². The van der Waals surface area contributed by atoms with Crippen molar-refractivity contribution in [2.24, 2.45) is 0 Å². The highest BCUT2D eigenvalue weighted by atomic mass is 32.1. The molecule has 3 aromatic heterocycles. The average molecular weight is 401 g/mol. The summed E-state index contributed by atoms with van der Waals surface area (Å²) < 4.78 is 7.04. The summed E-state index contributed by atoms with van der Waals surface area (Å²) in [6, 6.07) is 7.56. The molecule has 0 unspecified atom stereocenters. The maximum absolute atomic E-state index is 13.1. The largest absolute Gasteiger partial charge is 0.360 e. The maximum atomic E-state index is 13.1. The fourth-order valence-electron chi connectivity index (χ4n) is 3.12. The van der Waals surface area contributed by atoms with Crippen LogP contribution < -0.4 is 5.32 Å². The van der Waals surface area contributed by atoms with Crippen molar-refractivity contribution in [3.8, 4) is 5.82 Å². The van der Waals surface area contributed by atoms with Crippen molar-refractivity contribution in [3.63, 3.8) is 0 Å². The SMILES string of the molecule is CCN(CC(=O)NCc1cccs1)C(=O)c1cc(C)n(-c2cc(C)on2)c1C. The number of nitrogens with zero attached hydrogens (tertiary/aromatic N) is 3. The van der Waals surface area contributed by atoms with Crippen LogP contribution in [0.4, 0.5) is 0 Å². The first-order valence-corrected chi connectivity index (χ1v) is 9.99. The number of hydrogen-bond acceptors (Lipinski definition) is 5. The van der Waals surface area contributed by atoms with Gasteiger partial charge in [0.25, 0.3) is 5.91 Å². The van der Waals surface area contributed by atoms with E-state index in [-0.39, 0.29) is 18.4 Å². The molecule has 0 aromatic carbocycles. The van der Waals surface area contributed by atoms with Crippen molar-refractivity contribution in [3.05, 3.63) is 57.2 Å². The lowest BCUT2D eigenvalue weighted by molar-refractivity contribution is -0.121. The fraction of sp³-hybridized carbons (Fsp3) is 0.350. The summed E-state index contributed by atoms with van der Waals surface area (Å²) in [6.45, 7) is 8.41. The Balaban J connectivity index is 1.73. The van der Waals surface area contributed by atoms with Crippen molar-refractivity contribution < 1.29 is 14.1 Å². The molecule has 2 amide bonds. The quantitative estimate of drug-likeness (QED) is 0.660. The number of thiophene rings is 1. The van der Waals surface area contributed by atoms with Crippen LogP contribution in [-0.4, -0.2) is 39.5 Å². The van der Waals surface area contributed by atoms with Crippen LogP contribution in [-0.2, 0) is 11.3 Å². The zero-order valence-electron chi connectivity index (χ0n) is 16.5. The molecule has 0 bridgehead atoms. The monoisotopic (exact) mass is 400 g/mol. The van der Waals surface area contributed by atoms with E-state index in [1.54, 1.807) is 16.2 Å². The van der Waals surface area contributed by atoms with E-state index in [9.17, 15) is 9.59 Å². The minimum Gasteiger partial charge on any atom is -0.360 e. The van der Waals surface area contributed by atoms with Crippen molar-refractivity contribution in [2.75, 3.05) is 13.1 Å². The van der Waals surface area contributed by atoms with Gasteiger partial charge in [-0.1, -0.05) is 11.2 Å².